The van der Waals surface area contributed by atoms with E-state index in [1.165, 1.54) is 7.11 Å². The van der Waals surface area contributed by atoms with Gasteiger partial charge in [0.1, 0.15) is 5.75 Å². The Morgan fingerprint density at radius 2 is 2.19 bits per heavy atom. The van der Waals surface area contributed by atoms with Crippen molar-refractivity contribution in [2.75, 3.05) is 20.0 Å². The first kappa shape index (κ1) is 15.7. The van der Waals surface area contributed by atoms with Gasteiger partial charge in [-0.1, -0.05) is 0 Å². The SMILES string of the molecule is COC(=O)CC1(CSCc2cc(C#N)ccc2OC)CC1. The molecule has 0 spiro atoms. The summed E-state index contributed by atoms with van der Waals surface area (Å²) in [5, 5.41) is 8.97. The Bertz CT molecular complexity index is 561. The number of carbonyl (C=O) groups excluding carboxylic acids is 1. The van der Waals surface area contributed by atoms with E-state index in [2.05, 4.69) is 6.07 Å². The lowest BCUT2D eigenvalue weighted by Gasteiger charge is -2.14. The molecule has 1 aromatic carbocycles. The number of hydrogen-bond donors (Lipinski definition) is 0. The zero-order valence-corrected chi connectivity index (χ0v) is 13.2. The van der Waals surface area contributed by atoms with Crippen LogP contribution in [0.4, 0.5) is 0 Å². The molecular weight excluding hydrogens is 286 g/mol. The van der Waals surface area contributed by atoms with Crippen molar-refractivity contribution >= 4 is 17.7 Å². The highest BCUT2D eigenvalue weighted by atomic mass is 32.2. The van der Waals surface area contributed by atoms with Crippen LogP contribution in [0.2, 0.25) is 0 Å². The molecule has 0 bridgehead atoms. The Labute approximate surface area is 129 Å². The Morgan fingerprint density at radius 3 is 2.76 bits per heavy atom. The first-order chi connectivity index (χ1) is 10.1. The lowest BCUT2D eigenvalue weighted by atomic mass is 10.1. The lowest BCUT2D eigenvalue weighted by Crippen LogP contribution is -2.13. The molecule has 0 unspecified atom stereocenters. The number of carbonyl (C=O) groups is 1. The van der Waals surface area contributed by atoms with Crippen LogP contribution in [0.3, 0.4) is 0 Å². The van der Waals surface area contributed by atoms with Crippen molar-refractivity contribution in [1.82, 2.24) is 0 Å². The molecule has 0 aromatic heterocycles. The summed E-state index contributed by atoms with van der Waals surface area (Å²) in [7, 11) is 3.07. The van der Waals surface area contributed by atoms with E-state index in [9.17, 15) is 4.79 Å². The average molecular weight is 305 g/mol. The van der Waals surface area contributed by atoms with Gasteiger partial charge in [0.15, 0.2) is 0 Å². The smallest absolute Gasteiger partial charge is 0.306 e. The number of hydrogen-bond acceptors (Lipinski definition) is 5. The van der Waals surface area contributed by atoms with E-state index in [1.54, 1.807) is 24.9 Å². The van der Waals surface area contributed by atoms with Gasteiger partial charge >= 0.3 is 5.97 Å². The second kappa shape index (κ2) is 6.86. The molecule has 0 aliphatic heterocycles. The number of nitrogens with zero attached hydrogens (tertiary/aromatic N) is 1. The van der Waals surface area contributed by atoms with Gasteiger partial charge in [0.2, 0.25) is 0 Å². The van der Waals surface area contributed by atoms with Crippen LogP contribution < -0.4 is 4.74 Å². The van der Waals surface area contributed by atoms with Crippen LogP contribution >= 0.6 is 11.8 Å². The minimum Gasteiger partial charge on any atom is -0.496 e. The Morgan fingerprint density at radius 1 is 1.43 bits per heavy atom. The normalized spacial score (nSPS) is 15.1. The molecule has 0 N–H and O–H groups in total. The van der Waals surface area contributed by atoms with Crippen LogP contribution in [0.25, 0.3) is 0 Å². The molecule has 0 heterocycles. The molecular formula is C16H19NO3S. The summed E-state index contributed by atoms with van der Waals surface area (Å²) in [5.41, 5.74) is 1.79. The summed E-state index contributed by atoms with van der Waals surface area (Å²) >= 11 is 1.78. The van der Waals surface area contributed by atoms with E-state index in [0.717, 1.165) is 35.7 Å². The fourth-order valence-corrected chi connectivity index (χ4v) is 3.64. The molecule has 1 aliphatic carbocycles. The standard InChI is InChI=1S/C16H19NO3S/c1-19-14-4-3-12(9-17)7-13(14)10-21-11-16(5-6-16)8-15(18)20-2/h3-4,7H,5-6,8,10-11H2,1-2H3. The molecule has 1 saturated carbocycles. The summed E-state index contributed by atoms with van der Waals surface area (Å²) in [4.78, 5) is 11.4. The predicted molar refractivity (Wildman–Crippen MR) is 82.2 cm³/mol. The van der Waals surface area contributed by atoms with Gasteiger partial charge in [0, 0.05) is 11.3 Å². The van der Waals surface area contributed by atoms with E-state index in [0.29, 0.717) is 12.0 Å². The quantitative estimate of drug-likeness (QED) is 0.724. The van der Waals surface area contributed by atoms with Crippen molar-refractivity contribution in [3.05, 3.63) is 29.3 Å². The summed E-state index contributed by atoms with van der Waals surface area (Å²) in [6, 6.07) is 7.60. The van der Waals surface area contributed by atoms with Crippen molar-refractivity contribution in [3.8, 4) is 11.8 Å². The van der Waals surface area contributed by atoms with Crippen LogP contribution in [0.15, 0.2) is 18.2 Å². The van der Waals surface area contributed by atoms with E-state index < -0.39 is 0 Å². The molecule has 5 heteroatoms. The number of methoxy groups -OCH3 is 2. The minimum atomic E-state index is -0.128. The molecule has 112 valence electrons. The third kappa shape index (κ3) is 4.15. The molecule has 4 nitrogen and oxygen atoms in total. The summed E-state index contributed by atoms with van der Waals surface area (Å²) < 4.78 is 10.1. The van der Waals surface area contributed by atoms with Gasteiger partial charge in [-0.15, -0.1) is 0 Å². The Balaban J connectivity index is 1.92. The van der Waals surface area contributed by atoms with E-state index in [1.807, 2.05) is 12.1 Å². The predicted octanol–water partition coefficient (Wildman–Crippen LogP) is 3.14. The zero-order chi connectivity index (χ0) is 15.3. The zero-order valence-electron chi connectivity index (χ0n) is 12.3. The van der Waals surface area contributed by atoms with Gasteiger partial charge in [-0.25, -0.2) is 0 Å². The average Bonchev–Trinajstić information content (AvgIpc) is 3.26. The number of thioether (sulfide) groups is 1. The molecule has 1 aliphatic rings. The van der Waals surface area contributed by atoms with Gasteiger partial charge < -0.3 is 9.47 Å². The van der Waals surface area contributed by atoms with Crippen molar-refractivity contribution < 1.29 is 14.3 Å². The van der Waals surface area contributed by atoms with Crippen LogP contribution in [0, 0.1) is 16.7 Å². The minimum absolute atomic E-state index is 0.123. The van der Waals surface area contributed by atoms with Gasteiger partial charge in [-0.3, -0.25) is 4.79 Å². The first-order valence-corrected chi connectivity index (χ1v) is 7.99. The maximum absolute atomic E-state index is 11.4. The number of rotatable bonds is 7. The Kier molecular flexibility index (Phi) is 5.13. The van der Waals surface area contributed by atoms with Gasteiger partial charge in [-0.05, 0) is 42.2 Å². The molecule has 0 atom stereocenters. The van der Waals surface area contributed by atoms with E-state index in [4.69, 9.17) is 14.7 Å². The van der Waals surface area contributed by atoms with Crippen LogP contribution in [-0.2, 0) is 15.3 Å². The van der Waals surface area contributed by atoms with Crippen molar-refractivity contribution in [3.63, 3.8) is 0 Å². The van der Waals surface area contributed by atoms with Crippen LogP contribution in [-0.4, -0.2) is 25.9 Å². The third-order valence-electron chi connectivity index (χ3n) is 3.78. The number of esters is 1. The van der Waals surface area contributed by atoms with Crippen LogP contribution in [0.5, 0.6) is 5.75 Å². The second-order valence-corrected chi connectivity index (χ2v) is 6.37. The highest BCUT2D eigenvalue weighted by Crippen LogP contribution is 2.51. The Hall–Kier alpha value is -1.67. The summed E-state index contributed by atoms with van der Waals surface area (Å²) in [6.45, 7) is 0. The molecule has 1 fully saturated rings. The maximum atomic E-state index is 11.4. The first-order valence-electron chi connectivity index (χ1n) is 6.84. The largest absolute Gasteiger partial charge is 0.496 e. The van der Waals surface area contributed by atoms with Crippen molar-refractivity contribution in [2.24, 2.45) is 5.41 Å². The molecule has 0 amide bonds. The van der Waals surface area contributed by atoms with Crippen LogP contribution in [0.1, 0.15) is 30.4 Å². The number of ether oxygens (including phenoxy) is 2. The fraction of sp³-hybridized carbons (Fsp3) is 0.500. The number of benzene rings is 1. The molecule has 0 radical (unpaired) electrons. The highest BCUT2D eigenvalue weighted by Gasteiger charge is 2.44. The van der Waals surface area contributed by atoms with Gasteiger partial charge in [0.05, 0.1) is 32.3 Å². The van der Waals surface area contributed by atoms with E-state index >= 15 is 0 Å². The van der Waals surface area contributed by atoms with Gasteiger partial charge in [0.25, 0.3) is 0 Å². The molecule has 0 saturated heterocycles. The lowest BCUT2D eigenvalue weighted by molar-refractivity contribution is -0.141. The summed E-state index contributed by atoms with van der Waals surface area (Å²) in [6.07, 6.45) is 2.68. The van der Waals surface area contributed by atoms with Crippen molar-refractivity contribution in [1.29, 1.82) is 5.26 Å². The maximum Gasteiger partial charge on any atom is 0.306 e. The highest BCUT2D eigenvalue weighted by molar-refractivity contribution is 7.98. The van der Waals surface area contributed by atoms with E-state index in [-0.39, 0.29) is 11.4 Å². The van der Waals surface area contributed by atoms with Crippen molar-refractivity contribution in [2.45, 2.75) is 25.0 Å². The van der Waals surface area contributed by atoms with Gasteiger partial charge in [-0.2, -0.15) is 17.0 Å². The second-order valence-electron chi connectivity index (χ2n) is 5.38. The molecule has 2 rings (SSSR count). The topological polar surface area (TPSA) is 59.3 Å². The fourth-order valence-electron chi connectivity index (χ4n) is 2.27. The number of nitriles is 1. The molecule has 1 aromatic rings. The molecule has 21 heavy (non-hydrogen) atoms. The summed E-state index contributed by atoms with van der Waals surface area (Å²) in [5.74, 6) is 2.39. The third-order valence-corrected chi connectivity index (χ3v) is 5.11. The monoisotopic (exact) mass is 305 g/mol.